The van der Waals surface area contributed by atoms with Crippen LogP contribution in [0, 0.1) is 0 Å². The molecule has 1 N–H and O–H groups in total. The highest BCUT2D eigenvalue weighted by Crippen LogP contribution is 2.12. The van der Waals surface area contributed by atoms with E-state index in [2.05, 4.69) is 24.7 Å². The van der Waals surface area contributed by atoms with Crippen molar-refractivity contribution in [2.75, 3.05) is 51.3 Å². The van der Waals surface area contributed by atoms with Gasteiger partial charge in [0, 0.05) is 32.7 Å². The van der Waals surface area contributed by atoms with E-state index in [4.69, 9.17) is 5.11 Å². The summed E-state index contributed by atoms with van der Waals surface area (Å²) in [6.45, 7) is 4.36. The number of ether oxygens (including phenoxy) is 1. The molecule has 2 rings (SSSR count). The molecule has 0 bridgehead atoms. The molecule has 2 heterocycles. The highest BCUT2D eigenvalue weighted by molar-refractivity contribution is 5.86. The SMILES string of the molecule is COC(=O)c1ccc(N2CCN(CCO)CC2)nn1. The number of hydrogen-bond acceptors (Lipinski definition) is 7. The van der Waals surface area contributed by atoms with Crippen molar-refractivity contribution in [3.63, 3.8) is 0 Å². The van der Waals surface area contributed by atoms with Crippen LogP contribution in [0.5, 0.6) is 0 Å². The number of β-amino-alcohol motifs (C(OH)–C–C–N with tert-alkyl or cyclic N) is 1. The number of carbonyl (C=O) groups excluding carboxylic acids is 1. The van der Waals surface area contributed by atoms with Crippen LogP contribution in [0.2, 0.25) is 0 Å². The Labute approximate surface area is 111 Å². The quantitative estimate of drug-likeness (QED) is 0.727. The van der Waals surface area contributed by atoms with E-state index in [1.807, 2.05) is 0 Å². The molecule has 0 radical (unpaired) electrons. The van der Waals surface area contributed by atoms with Crippen molar-refractivity contribution in [1.29, 1.82) is 0 Å². The second-order valence-corrected chi connectivity index (χ2v) is 4.32. The molecule has 0 amide bonds. The maximum Gasteiger partial charge on any atom is 0.358 e. The van der Waals surface area contributed by atoms with Gasteiger partial charge in [-0.25, -0.2) is 4.79 Å². The number of nitrogens with zero attached hydrogens (tertiary/aromatic N) is 4. The number of esters is 1. The van der Waals surface area contributed by atoms with E-state index in [1.165, 1.54) is 7.11 Å². The van der Waals surface area contributed by atoms with Gasteiger partial charge in [-0.2, -0.15) is 0 Å². The average Bonchev–Trinajstić information content (AvgIpc) is 2.48. The summed E-state index contributed by atoms with van der Waals surface area (Å²) >= 11 is 0. The van der Waals surface area contributed by atoms with Gasteiger partial charge in [-0.05, 0) is 12.1 Å². The van der Waals surface area contributed by atoms with Gasteiger partial charge < -0.3 is 14.7 Å². The predicted molar refractivity (Wildman–Crippen MR) is 69.1 cm³/mol. The molecule has 0 atom stereocenters. The highest BCUT2D eigenvalue weighted by atomic mass is 16.5. The minimum absolute atomic E-state index is 0.188. The van der Waals surface area contributed by atoms with Crippen LogP contribution in [-0.2, 0) is 4.74 Å². The van der Waals surface area contributed by atoms with Gasteiger partial charge in [0.1, 0.15) is 0 Å². The lowest BCUT2D eigenvalue weighted by molar-refractivity contribution is 0.0592. The first-order valence-corrected chi connectivity index (χ1v) is 6.25. The van der Waals surface area contributed by atoms with Gasteiger partial charge in [0.25, 0.3) is 0 Å². The minimum atomic E-state index is -0.480. The van der Waals surface area contributed by atoms with Crippen molar-refractivity contribution < 1.29 is 14.6 Å². The van der Waals surface area contributed by atoms with E-state index in [9.17, 15) is 4.79 Å². The number of piperazine rings is 1. The molecular formula is C12H18N4O3. The number of hydrogen-bond donors (Lipinski definition) is 1. The molecule has 1 aromatic heterocycles. The Morgan fingerprint density at radius 3 is 2.58 bits per heavy atom. The van der Waals surface area contributed by atoms with Crippen LogP contribution >= 0.6 is 0 Å². The van der Waals surface area contributed by atoms with E-state index in [-0.39, 0.29) is 12.3 Å². The number of rotatable bonds is 4. The van der Waals surface area contributed by atoms with Gasteiger partial charge in [-0.3, -0.25) is 4.90 Å². The molecule has 104 valence electrons. The van der Waals surface area contributed by atoms with Gasteiger partial charge in [-0.15, -0.1) is 10.2 Å². The lowest BCUT2D eigenvalue weighted by atomic mass is 10.3. The highest BCUT2D eigenvalue weighted by Gasteiger charge is 2.18. The van der Waals surface area contributed by atoms with Crippen LogP contribution in [0.25, 0.3) is 0 Å². The second-order valence-electron chi connectivity index (χ2n) is 4.32. The first kappa shape index (κ1) is 13.7. The molecule has 1 aliphatic rings. The fraction of sp³-hybridized carbons (Fsp3) is 0.583. The fourth-order valence-corrected chi connectivity index (χ4v) is 2.05. The Morgan fingerprint density at radius 2 is 2.05 bits per heavy atom. The van der Waals surface area contributed by atoms with Crippen LogP contribution < -0.4 is 4.90 Å². The standard InChI is InChI=1S/C12H18N4O3/c1-19-12(18)10-2-3-11(14-13-10)16-6-4-15(5-7-16)8-9-17/h2-3,17H,4-9H2,1H3. The summed E-state index contributed by atoms with van der Waals surface area (Å²) in [6.07, 6.45) is 0. The molecule has 0 aliphatic carbocycles. The van der Waals surface area contributed by atoms with Crippen molar-refractivity contribution in [3.8, 4) is 0 Å². The molecule has 19 heavy (non-hydrogen) atoms. The zero-order chi connectivity index (χ0) is 13.7. The normalized spacial score (nSPS) is 16.4. The number of aromatic nitrogens is 2. The monoisotopic (exact) mass is 266 g/mol. The topological polar surface area (TPSA) is 78.8 Å². The molecule has 0 unspecified atom stereocenters. The number of aliphatic hydroxyl groups is 1. The molecular weight excluding hydrogens is 248 g/mol. The first-order valence-electron chi connectivity index (χ1n) is 6.25. The minimum Gasteiger partial charge on any atom is -0.464 e. The second kappa shape index (κ2) is 6.44. The van der Waals surface area contributed by atoms with E-state index < -0.39 is 5.97 Å². The van der Waals surface area contributed by atoms with E-state index >= 15 is 0 Å². The van der Waals surface area contributed by atoms with E-state index in [1.54, 1.807) is 12.1 Å². The van der Waals surface area contributed by atoms with Gasteiger partial charge in [0.05, 0.1) is 13.7 Å². The van der Waals surface area contributed by atoms with Crippen molar-refractivity contribution in [2.45, 2.75) is 0 Å². The van der Waals surface area contributed by atoms with Gasteiger partial charge in [-0.1, -0.05) is 0 Å². The third-order valence-corrected chi connectivity index (χ3v) is 3.16. The zero-order valence-electron chi connectivity index (χ0n) is 10.9. The Balaban J connectivity index is 1.94. The summed E-state index contributed by atoms with van der Waals surface area (Å²) in [7, 11) is 1.32. The molecule has 1 aromatic rings. The Kier molecular flexibility index (Phi) is 4.64. The smallest absolute Gasteiger partial charge is 0.358 e. The van der Waals surface area contributed by atoms with Gasteiger partial charge in [0.15, 0.2) is 11.5 Å². The lowest BCUT2D eigenvalue weighted by Gasteiger charge is -2.34. The summed E-state index contributed by atoms with van der Waals surface area (Å²) < 4.78 is 4.58. The fourth-order valence-electron chi connectivity index (χ4n) is 2.05. The van der Waals surface area contributed by atoms with Crippen LogP contribution in [0.15, 0.2) is 12.1 Å². The van der Waals surface area contributed by atoms with Crippen molar-refractivity contribution >= 4 is 11.8 Å². The van der Waals surface area contributed by atoms with Crippen molar-refractivity contribution in [1.82, 2.24) is 15.1 Å². The summed E-state index contributed by atoms with van der Waals surface area (Å²) in [5, 5.41) is 16.8. The lowest BCUT2D eigenvalue weighted by Crippen LogP contribution is -2.47. The van der Waals surface area contributed by atoms with Crippen LogP contribution in [-0.4, -0.2) is 72.6 Å². The van der Waals surface area contributed by atoms with Crippen molar-refractivity contribution in [2.24, 2.45) is 0 Å². The number of anilines is 1. The molecule has 0 saturated carbocycles. The first-order chi connectivity index (χ1) is 9.24. The summed E-state index contributed by atoms with van der Waals surface area (Å²) in [5.74, 6) is 0.281. The maximum atomic E-state index is 11.2. The molecule has 0 spiro atoms. The van der Waals surface area contributed by atoms with E-state index in [0.717, 1.165) is 32.0 Å². The Bertz CT molecular complexity index is 415. The zero-order valence-corrected chi connectivity index (χ0v) is 10.9. The van der Waals surface area contributed by atoms with Crippen LogP contribution in [0.3, 0.4) is 0 Å². The molecule has 1 fully saturated rings. The molecule has 7 heteroatoms. The predicted octanol–water partition coefficient (Wildman–Crippen LogP) is -0.622. The maximum absolute atomic E-state index is 11.2. The summed E-state index contributed by atoms with van der Waals surface area (Å²) in [6, 6.07) is 3.40. The Hall–Kier alpha value is -1.73. The third kappa shape index (κ3) is 3.39. The average molecular weight is 266 g/mol. The molecule has 0 aromatic carbocycles. The van der Waals surface area contributed by atoms with Crippen LogP contribution in [0.4, 0.5) is 5.82 Å². The third-order valence-electron chi connectivity index (χ3n) is 3.16. The number of carbonyl (C=O) groups is 1. The van der Waals surface area contributed by atoms with Gasteiger partial charge in [0.2, 0.25) is 0 Å². The molecule has 1 saturated heterocycles. The van der Waals surface area contributed by atoms with Gasteiger partial charge >= 0.3 is 5.97 Å². The largest absolute Gasteiger partial charge is 0.464 e. The molecule has 1 aliphatic heterocycles. The number of aliphatic hydroxyl groups excluding tert-OH is 1. The number of methoxy groups -OCH3 is 1. The van der Waals surface area contributed by atoms with Crippen LogP contribution in [0.1, 0.15) is 10.5 Å². The molecule has 7 nitrogen and oxygen atoms in total. The Morgan fingerprint density at radius 1 is 1.32 bits per heavy atom. The van der Waals surface area contributed by atoms with E-state index in [0.29, 0.717) is 6.54 Å². The summed E-state index contributed by atoms with van der Waals surface area (Å²) in [4.78, 5) is 15.6. The summed E-state index contributed by atoms with van der Waals surface area (Å²) in [5.41, 5.74) is 0.213. The van der Waals surface area contributed by atoms with Crippen molar-refractivity contribution in [3.05, 3.63) is 17.8 Å².